The predicted molar refractivity (Wildman–Crippen MR) is 91.7 cm³/mol. The monoisotopic (exact) mass is 337 g/mol. The summed E-state index contributed by atoms with van der Waals surface area (Å²) in [5.74, 6) is -0.425. The average molecular weight is 338 g/mol. The second-order valence-electron chi connectivity index (χ2n) is 6.61. The molecule has 1 saturated heterocycles. The van der Waals surface area contributed by atoms with Crippen molar-refractivity contribution in [2.75, 3.05) is 17.8 Å². The van der Waals surface area contributed by atoms with Crippen LogP contribution in [0.15, 0.2) is 18.2 Å². The van der Waals surface area contributed by atoms with Crippen molar-refractivity contribution < 1.29 is 18.9 Å². The molecule has 7 heteroatoms. The van der Waals surface area contributed by atoms with Crippen LogP contribution >= 0.6 is 11.6 Å². The molecule has 0 unspecified atom stereocenters. The van der Waals surface area contributed by atoms with Crippen LogP contribution < -0.4 is 10.4 Å². The van der Waals surface area contributed by atoms with E-state index in [0.717, 1.165) is 5.46 Å². The molecule has 5 nitrogen and oxygen atoms in total. The number of benzene rings is 1. The van der Waals surface area contributed by atoms with Crippen molar-refractivity contribution in [2.45, 2.75) is 38.9 Å². The van der Waals surface area contributed by atoms with Crippen molar-refractivity contribution in [3.8, 4) is 0 Å². The minimum Gasteiger partial charge on any atom is -0.399 e. The Morgan fingerprint density at radius 3 is 2.30 bits per heavy atom. The minimum absolute atomic E-state index is 0.145. The molecule has 0 radical (unpaired) electrons. The predicted octanol–water partition coefficient (Wildman–Crippen LogP) is 2.00. The topological polar surface area (TPSA) is 55.8 Å². The van der Waals surface area contributed by atoms with Gasteiger partial charge in [-0.05, 0) is 45.3 Å². The Morgan fingerprint density at radius 1 is 1.26 bits per heavy atom. The summed E-state index contributed by atoms with van der Waals surface area (Å²) in [6, 6.07) is 5.18. The van der Waals surface area contributed by atoms with Crippen molar-refractivity contribution in [2.24, 2.45) is 0 Å². The first-order valence-corrected chi connectivity index (χ1v) is 7.93. The number of amides is 1. The van der Waals surface area contributed by atoms with Gasteiger partial charge in [-0.3, -0.25) is 9.59 Å². The maximum Gasteiger partial charge on any atom is 0.494 e. The third kappa shape index (κ3) is 3.29. The van der Waals surface area contributed by atoms with E-state index in [0.29, 0.717) is 17.5 Å². The number of hydrogen-bond donors (Lipinski definition) is 0. The SMILES string of the molecule is CN(C(=O)CCl)c1ccc(B2OC(C)(C)C(C)(C)O2)cc1C=O. The smallest absolute Gasteiger partial charge is 0.399 e. The quantitative estimate of drug-likeness (QED) is 0.479. The molecule has 1 aromatic carbocycles. The van der Waals surface area contributed by atoms with Crippen LogP contribution in [-0.2, 0) is 14.1 Å². The molecule has 23 heavy (non-hydrogen) atoms. The zero-order chi connectivity index (χ0) is 17.4. The highest BCUT2D eigenvalue weighted by molar-refractivity contribution is 6.62. The highest BCUT2D eigenvalue weighted by Gasteiger charge is 2.51. The zero-order valence-corrected chi connectivity index (χ0v) is 14.8. The Balaban J connectivity index is 2.34. The van der Waals surface area contributed by atoms with Crippen LogP contribution in [0.4, 0.5) is 5.69 Å². The number of anilines is 1. The summed E-state index contributed by atoms with van der Waals surface area (Å²) in [6.45, 7) is 7.87. The van der Waals surface area contributed by atoms with Gasteiger partial charge in [-0.2, -0.15) is 0 Å². The second-order valence-corrected chi connectivity index (χ2v) is 6.88. The lowest BCUT2D eigenvalue weighted by molar-refractivity contribution is -0.116. The van der Waals surface area contributed by atoms with Gasteiger partial charge in [0.25, 0.3) is 0 Å². The van der Waals surface area contributed by atoms with Crippen LogP contribution in [0.1, 0.15) is 38.1 Å². The van der Waals surface area contributed by atoms with E-state index in [9.17, 15) is 9.59 Å². The Bertz CT molecular complexity index is 617. The molecule has 1 aliphatic heterocycles. The molecule has 1 fully saturated rings. The molecule has 1 aromatic rings. The summed E-state index contributed by atoms with van der Waals surface area (Å²) in [5, 5.41) is 0. The van der Waals surface area contributed by atoms with Gasteiger partial charge < -0.3 is 14.2 Å². The van der Waals surface area contributed by atoms with Gasteiger partial charge in [-0.25, -0.2) is 0 Å². The lowest BCUT2D eigenvalue weighted by Crippen LogP contribution is -2.41. The molecule has 1 heterocycles. The fraction of sp³-hybridized carbons (Fsp3) is 0.500. The van der Waals surface area contributed by atoms with E-state index >= 15 is 0 Å². The lowest BCUT2D eigenvalue weighted by Gasteiger charge is -2.32. The van der Waals surface area contributed by atoms with Crippen molar-refractivity contribution in [1.29, 1.82) is 0 Å². The molecule has 0 spiro atoms. The van der Waals surface area contributed by atoms with Gasteiger partial charge in [-0.1, -0.05) is 6.07 Å². The van der Waals surface area contributed by atoms with Gasteiger partial charge in [0.15, 0.2) is 6.29 Å². The Morgan fingerprint density at radius 2 is 1.83 bits per heavy atom. The number of alkyl halides is 1. The molecule has 0 saturated carbocycles. The number of halogens is 1. The molecule has 0 N–H and O–H groups in total. The van der Waals surface area contributed by atoms with Gasteiger partial charge >= 0.3 is 7.12 Å². The molecular formula is C16H21BClNO4. The summed E-state index contributed by atoms with van der Waals surface area (Å²) in [7, 11) is 1.03. The van der Waals surface area contributed by atoms with Crippen molar-refractivity contribution in [3.05, 3.63) is 23.8 Å². The van der Waals surface area contributed by atoms with Crippen molar-refractivity contribution in [1.82, 2.24) is 0 Å². The summed E-state index contributed by atoms with van der Waals surface area (Å²) in [4.78, 5) is 24.5. The van der Waals surface area contributed by atoms with Gasteiger partial charge in [0.05, 0.1) is 16.9 Å². The fourth-order valence-electron chi connectivity index (χ4n) is 2.32. The van der Waals surface area contributed by atoms with E-state index in [-0.39, 0.29) is 11.8 Å². The maximum atomic E-state index is 11.7. The normalized spacial score (nSPS) is 18.8. The Hall–Kier alpha value is -1.37. The van der Waals surface area contributed by atoms with E-state index in [2.05, 4.69) is 0 Å². The fourth-order valence-corrected chi connectivity index (χ4v) is 2.50. The van der Waals surface area contributed by atoms with Crippen LogP contribution in [0.2, 0.25) is 0 Å². The summed E-state index contributed by atoms with van der Waals surface area (Å²) in [6.07, 6.45) is 0.710. The third-order valence-electron chi connectivity index (χ3n) is 4.55. The molecular weight excluding hydrogens is 316 g/mol. The van der Waals surface area contributed by atoms with E-state index < -0.39 is 18.3 Å². The first-order valence-electron chi connectivity index (χ1n) is 7.40. The van der Waals surface area contributed by atoms with Gasteiger partial charge in [0.1, 0.15) is 5.88 Å². The lowest BCUT2D eigenvalue weighted by atomic mass is 9.78. The summed E-state index contributed by atoms with van der Waals surface area (Å²) in [5.41, 5.74) is 0.719. The molecule has 0 aromatic heterocycles. The number of carbonyl (C=O) groups is 2. The van der Waals surface area contributed by atoms with E-state index in [4.69, 9.17) is 20.9 Å². The maximum absolute atomic E-state index is 11.7. The van der Waals surface area contributed by atoms with E-state index in [1.54, 1.807) is 25.2 Å². The van der Waals surface area contributed by atoms with Gasteiger partial charge in [0, 0.05) is 12.6 Å². The molecule has 1 aliphatic rings. The molecule has 1 amide bonds. The number of aldehydes is 1. The molecule has 124 valence electrons. The van der Waals surface area contributed by atoms with Crippen LogP contribution in [0, 0.1) is 0 Å². The van der Waals surface area contributed by atoms with Crippen LogP contribution in [0.3, 0.4) is 0 Å². The standard InChI is InChI=1S/C16H21BClNO4/c1-15(2)16(3,4)23-17(22-15)12-6-7-13(11(8-12)10-20)19(5)14(21)9-18/h6-8,10H,9H2,1-5H3. The Labute approximate surface area is 142 Å². The Kier molecular flexibility index (Phi) is 4.90. The van der Waals surface area contributed by atoms with Crippen LogP contribution in [-0.4, -0.2) is 43.4 Å². The first-order chi connectivity index (χ1) is 10.6. The molecule has 0 aliphatic carbocycles. The molecule has 0 atom stereocenters. The number of rotatable bonds is 4. The largest absolute Gasteiger partial charge is 0.494 e. The number of carbonyl (C=O) groups excluding carboxylic acids is 2. The van der Waals surface area contributed by atoms with Crippen LogP contribution in [0.25, 0.3) is 0 Å². The number of hydrogen-bond acceptors (Lipinski definition) is 4. The van der Waals surface area contributed by atoms with Crippen molar-refractivity contribution >= 4 is 42.1 Å². The third-order valence-corrected chi connectivity index (χ3v) is 4.78. The minimum atomic E-state index is -0.554. The molecule has 0 bridgehead atoms. The van der Waals surface area contributed by atoms with Crippen molar-refractivity contribution in [3.63, 3.8) is 0 Å². The summed E-state index contributed by atoms with van der Waals surface area (Å²) >= 11 is 5.57. The van der Waals surface area contributed by atoms with E-state index in [1.807, 2.05) is 27.7 Å². The summed E-state index contributed by atoms with van der Waals surface area (Å²) < 4.78 is 12.0. The number of nitrogens with zero attached hydrogens (tertiary/aromatic N) is 1. The zero-order valence-electron chi connectivity index (χ0n) is 14.1. The molecule has 2 rings (SSSR count). The van der Waals surface area contributed by atoms with Gasteiger partial charge in [0.2, 0.25) is 5.91 Å². The van der Waals surface area contributed by atoms with E-state index in [1.165, 1.54) is 4.90 Å². The second kappa shape index (κ2) is 6.26. The highest BCUT2D eigenvalue weighted by Crippen LogP contribution is 2.36. The van der Waals surface area contributed by atoms with Crippen LogP contribution in [0.5, 0.6) is 0 Å². The van der Waals surface area contributed by atoms with Gasteiger partial charge in [-0.15, -0.1) is 11.6 Å². The first kappa shape index (κ1) is 18.0. The highest BCUT2D eigenvalue weighted by atomic mass is 35.5. The average Bonchev–Trinajstić information content (AvgIpc) is 2.73.